The molecule has 0 unspecified atom stereocenters. The zero-order valence-corrected chi connectivity index (χ0v) is 13.0. The van der Waals surface area contributed by atoms with E-state index in [1.165, 1.54) is 0 Å². The van der Waals surface area contributed by atoms with Gasteiger partial charge in [0, 0.05) is 5.92 Å². The van der Waals surface area contributed by atoms with Crippen LogP contribution in [0.25, 0.3) is 0 Å². The smallest absolute Gasteiger partial charge is 0.329 e. The summed E-state index contributed by atoms with van der Waals surface area (Å²) < 4.78 is 0. The van der Waals surface area contributed by atoms with Gasteiger partial charge in [-0.05, 0) is 55.9 Å². The molecule has 1 heterocycles. The van der Waals surface area contributed by atoms with Crippen molar-refractivity contribution in [1.82, 2.24) is 5.32 Å². The fraction of sp³-hybridized carbons (Fsp3) is 0.867. The average molecular weight is 299 g/mol. The first-order chi connectivity index (χ1) is 9.57. The summed E-state index contributed by atoms with van der Waals surface area (Å²) in [4.78, 5) is 24.0. The Labute approximate surface area is 125 Å². The van der Waals surface area contributed by atoms with Gasteiger partial charge in [-0.2, -0.15) is 11.8 Å². The highest BCUT2D eigenvalue weighted by Gasteiger charge is 2.43. The van der Waals surface area contributed by atoms with E-state index < -0.39 is 11.5 Å². The van der Waals surface area contributed by atoms with Crippen molar-refractivity contribution in [3.63, 3.8) is 0 Å². The fourth-order valence-corrected chi connectivity index (χ4v) is 4.38. The van der Waals surface area contributed by atoms with Crippen molar-refractivity contribution in [1.29, 1.82) is 0 Å². The molecule has 0 radical (unpaired) electrons. The van der Waals surface area contributed by atoms with Crippen LogP contribution < -0.4 is 5.32 Å². The molecule has 0 spiro atoms. The van der Waals surface area contributed by atoms with Crippen molar-refractivity contribution in [3.8, 4) is 0 Å². The SMILES string of the molecule is CCC1CCC(NC(=O)C2CCSCC2)(C(=O)O)CC1. The van der Waals surface area contributed by atoms with Crippen molar-refractivity contribution in [2.75, 3.05) is 11.5 Å². The van der Waals surface area contributed by atoms with Crippen LogP contribution in [0.2, 0.25) is 0 Å². The molecule has 114 valence electrons. The lowest BCUT2D eigenvalue weighted by molar-refractivity contribution is -0.150. The van der Waals surface area contributed by atoms with E-state index in [4.69, 9.17) is 0 Å². The minimum atomic E-state index is -1.01. The van der Waals surface area contributed by atoms with Crippen LogP contribution in [0.4, 0.5) is 0 Å². The van der Waals surface area contributed by atoms with Crippen LogP contribution >= 0.6 is 11.8 Å². The number of amides is 1. The molecule has 20 heavy (non-hydrogen) atoms. The Morgan fingerprint density at radius 3 is 2.30 bits per heavy atom. The van der Waals surface area contributed by atoms with Crippen molar-refractivity contribution in [3.05, 3.63) is 0 Å². The van der Waals surface area contributed by atoms with E-state index in [1.54, 1.807) is 0 Å². The summed E-state index contributed by atoms with van der Waals surface area (Å²) in [6.45, 7) is 2.15. The molecule has 0 bridgehead atoms. The number of aliphatic carboxylic acids is 1. The molecular formula is C15H25NO3S. The van der Waals surface area contributed by atoms with E-state index in [9.17, 15) is 14.7 Å². The summed E-state index contributed by atoms with van der Waals surface area (Å²) in [7, 11) is 0. The Kier molecular flexibility index (Phi) is 5.35. The van der Waals surface area contributed by atoms with E-state index in [0.717, 1.165) is 43.6 Å². The Morgan fingerprint density at radius 1 is 1.20 bits per heavy atom. The van der Waals surface area contributed by atoms with Gasteiger partial charge in [-0.25, -0.2) is 4.79 Å². The molecule has 1 aliphatic heterocycles. The number of thioether (sulfide) groups is 1. The first-order valence-corrected chi connectivity index (χ1v) is 8.86. The maximum Gasteiger partial charge on any atom is 0.329 e. The van der Waals surface area contributed by atoms with Crippen LogP contribution in [-0.2, 0) is 9.59 Å². The van der Waals surface area contributed by atoms with E-state index in [-0.39, 0.29) is 11.8 Å². The maximum atomic E-state index is 12.3. The van der Waals surface area contributed by atoms with Gasteiger partial charge in [-0.15, -0.1) is 0 Å². The summed E-state index contributed by atoms with van der Waals surface area (Å²) in [5, 5.41) is 12.5. The number of carboxylic acid groups (broad SMARTS) is 1. The molecule has 1 saturated carbocycles. The third-order valence-corrected chi connectivity index (χ3v) is 5.95. The second-order valence-corrected chi connectivity index (χ2v) is 7.34. The largest absolute Gasteiger partial charge is 0.480 e. The highest BCUT2D eigenvalue weighted by Crippen LogP contribution is 2.35. The number of nitrogens with one attached hydrogen (secondary N) is 1. The number of carboxylic acids is 1. The first-order valence-electron chi connectivity index (χ1n) is 7.70. The Hall–Kier alpha value is -0.710. The van der Waals surface area contributed by atoms with Crippen LogP contribution in [0.5, 0.6) is 0 Å². The summed E-state index contributed by atoms with van der Waals surface area (Å²) >= 11 is 1.87. The Morgan fingerprint density at radius 2 is 1.80 bits per heavy atom. The standard InChI is InChI=1S/C15H25NO3S/c1-2-11-3-7-15(8-4-11,14(18)19)16-13(17)12-5-9-20-10-6-12/h11-12H,2-10H2,1H3,(H,16,17)(H,18,19). The summed E-state index contributed by atoms with van der Waals surface area (Å²) in [6, 6.07) is 0. The van der Waals surface area contributed by atoms with E-state index >= 15 is 0 Å². The molecule has 0 aromatic carbocycles. The molecule has 0 aromatic rings. The molecular weight excluding hydrogens is 274 g/mol. The van der Waals surface area contributed by atoms with Gasteiger partial charge in [-0.3, -0.25) is 4.79 Å². The molecule has 1 aliphatic carbocycles. The average Bonchev–Trinajstić information content (AvgIpc) is 2.48. The monoisotopic (exact) mass is 299 g/mol. The molecule has 0 aromatic heterocycles. The quantitative estimate of drug-likeness (QED) is 0.837. The minimum absolute atomic E-state index is 0.0105. The lowest BCUT2D eigenvalue weighted by Gasteiger charge is -2.38. The van der Waals surface area contributed by atoms with Gasteiger partial charge >= 0.3 is 5.97 Å². The van der Waals surface area contributed by atoms with Gasteiger partial charge in [0.1, 0.15) is 5.54 Å². The second-order valence-electron chi connectivity index (χ2n) is 6.11. The maximum absolute atomic E-state index is 12.3. The Balaban J connectivity index is 1.98. The van der Waals surface area contributed by atoms with Crippen LogP contribution in [0, 0.1) is 11.8 Å². The van der Waals surface area contributed by atoms with Gasteiger partial charge in [0.05, 0.1) is 0 Å². The summed E-state index contributed by atoms with van der Waals surface area (Å²) in [6.07, 6.45) is 5.83. The highest BCUT2D eigenvalue weighted by atomic mass is 32.2. The van der Waals surface area contributed by atoms with Crippen molar-refractivity contribution < 1.29 is 14.7 Å². The number of carbonyl (C=O) groups excluding carboxylic acids is 1. The molecule has 0 atom stereocenters. The molecule has 1 amide bonds. The van der Waals surface area contributed by atoms with Gasteiger partial charge in [0.2, 0.25) is 5.91 Å². The molecule has 2 aliphatic rings. The van der Waals surface area contributed by atoms with Crippen molar-refractivity contribution in [2.45, 2.75) is 57.4 Å². The molecule has 4 nitrogen and oxygen atoms in total. The molecule has 5 heteroatoms. The highest BCUT2D eigenvalue weighted by molar-refractivity contribution is 7.99. The van der Waals surface area contributed by atoms with E-state index in [2.05, 4.69) is 12.2 Å². The minimum Gasteiger partial charge on any atom is -0.480 e. The van der Waals surface area contributed by atoms with Crippen LogP contribution in [-0.4, -0.2) is 34.0 Å². The third kappa shape index (κ3) is 3.48. The third-order valence-electron chi connectivity index (χ3n) is 4.90. The zero-order chi connectivity index (χ0) is 14.6. The number of rotatable bonds is 4. The lowest BCUT2D eigenvalue weighted by Crippen LogP contribution is -2.57. The van der Waals surface area contributed by atoms with Gasteiger partial charge < -0.3 is 10.4 Å². The number of hydrogen-bond donors (Lipinski definition) is 2. The second kappa shape index (κ2) is 6.83. The van der Waals surface area contributed by atoms with Gasteiger partial charge in [-0.1, -0.05) is 13.3 Å². The molecule has 2 N–H and O–H groups in total. The van der Waals surface area contributed by atoms with Crippen molar-refractivity contribution >= 4 is 23.6 Å². The Bertz CT molecular complexity index is 358. The molecule has 2 fully saturated rings. The lowest BCUT2D eigenvalue weighted by atomic mass is 9.75. The molecule has 1 saturated heterocycles. The first kappa shape index (κ1) is 15.7. The fourth-order valence-electron chi connectivity index (χ4n) is 3.27. The topological polar surface area (TPSA) is 66.4 Å². The predicted molar refractivity (Wildman–Crippen MR) is 80.8 cm³/mol. The summed E-state index contributed by atoms with van der Waals surface area (Å²) in [5.41, 5.74) is -1.01. The number of carbonyl (C=O) groups is 2. The summed E-state index contributed by atoms with van der Waals surface area (Å²) in [5.74, 6) is 1.75. The van der Waals surface area contributed by atoms with Crippen LogP contribution in [0.15, 0.2) is 0 Å². The van der Waals surface area contributed by atoms with E-state index in [0.29, 0.717) is 18.8 Å². The zero-order valence-electron chi connectivity index (χ0n) is 12.2. The van der Waals surface area contributed by atoms with Crippen LogP contribution in [0.3, 0.4) is 0 Å². The van der Waals surface area contributed by atoms with Crippen LogP contribution in [0.1, 0.15) is 51.9 Å². The van der Waals surface area contributed by atoms with Gasteiger partial charge in [0.25, 0.3) is 0 Å². The molecule has 2 rings (SSSR count). The number of hydrogen-bond acceptors (Lipinski definition) is 3. The normalized spacial score (nSPS) is 31.8. The predicted octanol–water partition coefficient (Wildman–Crippen LogP) is 2.67. The van der Waals surface area contributed by atoms with E-state index in [1.807, 2.05) is 11.8 Å². The van der Waals surface area contributed by atoms with Gasteiger partial charge in [0.15, 0.2) is 0 Å². The van der Waals surface area contributed by atoms with Crippen molar-refractivity contribution in [2.24, 2.45) is 11.8 Å².